The van der Waals surface area contributed by atoms with Crippen molar-refractivity contribution in [1.82, 2.24) is 10.3 Å². The molecule has 1 unspecified atom stereocenters. The lowest BCUT2D eigenvalue weighted by Crippen LogP contribution is -2.45. The summed E-state index contributed by atoms with van der Waals surface area (Å²) in [7, 11) is 0. The molecule has 0 saturated carbocycles. The van der Waals surface area contributed by atoms with Crippen molar-refractivity contribution < 1.29 is 4.79 Å². The summed E-state index contributed by atoms with van der Waals surface area (Å²) >= 11 is 0. The molecule has 0 aromatic rings. The molecular weight excluding hydrogens is 154 g/mol. The lowest BCUT2D eigenvalue weighted by Gasteiger charge is -2.28. The van der Waals surface area contributed by atoms with Gasteiger partial charge in [0, 0.05) is 19.6 Å². The summed E-state index contributed by atoms with van der Waals surface area (Å²) in [6.07, 6.45) is 2.00. The van der Waals surface area contributed by atoms with Gasteiger partial charge in [0.2, 0.25) is 5.91 Å². The summed E-state index contributed by atoms with van der Waals surface area (Å²) in [4.78, 5) is 11.4. The number of carbonyl (C=O) groups is 1. The lowest BCUT2D eigenvalue weighted by molar-refractivity contribution is -0.126. The normalized spacial score (nSPS) is 25.3. The lowest BCUT2D eigenvalue weighted by atomic mass is 9.98. The summed E-state index contributed by atoms with van der Waals surface area (Å²) in [6, 6.07) is 0. The van der Waals surface area contributed by atoms with Gasteiger partial charge in [0.1, 0.15) is 0 Å². The molecule has 0 spiro atoms. The molecule has 4 nitrogen and oxygen atoms in total. The Morgan fingerprint density at radius 3 is 3.08 bits per heavy atom. The fraction of sp³-hybridized carbons (Fsp3) is 0.875. The summed E-state index contributed by atoms with van der Waals surface area (Å²) in [5.41, 5.74) is 0. The average Bonchev–Trinajstić information content (AvgIpc) is 2.05. The van der Waals surface area contributed by atoms with Gasteiger partial charge in [-0.25, -0.2) is 5.01 Å². The van der Waals surface area contributed by atoms with Gasteiger partial charge in [0.25, 0.3) is 0 Å². The van der Waals surface area contributed by atoms with E-state index in [4.69, 9.17) is 5.84 Å². The Morgan fingerprint density at radius 2 is 2.50 bits per heavy atom. The van der Waals surface area contributed by atoms with Crippen molar-refractivity contribution in [2.24, 2.45) is 11.8 Å². The quantitative estimate of drug-likeness (QED) is 0.561. The first-order chi connectivity index (χ1) is 5.74. The first-order valence-corrected chi connectivity index (χ1v) is 4.51. The van der Waals surface area contributed by atoms with E-state index in [0.717, 1.165) is 19.4 Å². The van der Waals surface area contributed by atoms with Crippen LogP contribution in [0.25, 0.3) is 0 Å². The van der Waals surface area contributed by atoms with Crippen LogP contribution in [0.15, 0.2) is 0 Å². The molecule has 4 heteroatoms. The van der Waals surface area contributed by atoms with E-state index in [1.165, 1.54) is 0 Å². The third kappa shape index (κ3) is 2.46. The molecule has 1 aliphatic rings. The van der Waals surface area contributed by atoms with Gasteiger partial charge in [-0.15, -0.1) is 0 Å². The van der Waals surface area contributed by atoms with Crippen LogP contribution in [0.5, 0.6) is 0 Å². The number of amides is 1. The Balaban J connectivity index is 2.35. The fourth-order valence-electron chi connectivity index (χ4n) is 1.54. The maximum absolute atomic E-state index is 11.4. The van der Waals surface area contributed by atoms with E-state index in [1.54, 1.807) is 5.01 Å². The van der Waals surface area contributed by atoms with E-state index in [9.17, 15) is 4.79 Å². The van der Waals surface area contributed by atoms with Gasteiger partial charge < -0.3 is 5.32 Å². The highest BCUT2D eigenvalue weighted by molar-refractivity contribution is 5.78. The van der Waals surface area contributed by atoms with E-state index in [2.05, 4.69) is 5.32 Å². The van der Waals surface area contributed by atoms with E-state index < -0.39 is 0 Å². The number of nitrogens with one attached hydrogen (secondary N) is 1. The van der Waals surface area contributed by atoms with Crippen LogP contribution < -0.4 is 11.2 Å². The number of piperidine rings is 1. The molecule has 0 radical (unpaired) electrons. The standard InChI is InChI=1S/C8H17N3O/c1-2-10-8(12)7-4-3-5-11(9)6-7/h7H,2-6,9H2,1H3,(H,10,12). The predicted molar refractivity (Wildman–Crippen MR) is 47.2 cm³/mol. The number of hydrogen-bond acceptors (Lipinski definition) is 3. The Morgan fingerprint density at radius 1 is 1.75 bits per heavy atom. The molecule has 0 aromatic heterocycles. The highest BCUT2D eigenvalue weighted by atomic mass is 16.1. The minimum absolute atomic E-state index is 0.101. The molecule has 1 aliphatic heterocycles. The van der Waals surface area contributed by atoms with Crippen LogP contribution >= 0.6 is 0 Å². The molecule has 1 amide bonds. The number of rotatable bonds is 2. The third-order valence-electron chi connectivity index (χ3n) is 2.17. The van der Waals surface area contributed by atoms with Crippen molar-refractivity contribution in [3.8, 4) is 0 Å². The zero-order valence-electron chi connectivity index (χ0n) is 7.55. The Bertz CT molecular complexity index is 160. The molecule has 1 rings (SSSR count). The molecule has 0 aliphatic carbocycles. The maximum Gasteiger partial charge on any atom is 0.224 e. The number of hydrazine groups is 1. The zero-order chi connectivity index (χ0) is 8.97. The number of carbonyl (C=O) groups excluding carboxylic acids is 1. The Kier molecular flexibility index (Phi) is 3.49. The average molecular weight is 171 g/mol. The minimum atomic E-state index is 0.101. The van der Waals surface area contributed by atoms with Crippen molar-refractivity contribution >= 4 is 5.91 Å². The van der Waals surface area contributed by atoms with Gasteiger partial charge in [-0.3, -0.25) is 10.6 Å². The van der Waals surface area contributed by atoms with Gasteiger partial charge in [-0.05, 0) is 19.8 Å². The highest BCUT2D eigenvalue weighted by Gasteiger charge is 2.23. The second kappa shape index (κ2) is 4.42. The van der Waals surface area contributed by atoms with Crippen molar-refractivity contribution in [3.63, 3.8) is 0 Å². The van der Waals surface area contributed by atoms with E-state index in [-0.39, 0.29) is 11.8 Å². The topological polar surface area (TPSA) is 58.4 Å². The van der Waals surface area contributed by atoms with Crippen LogP contribution in [0.3, 0.4) is 0 Å². The van der Waals surface area contributed by atoms with Crippen LogP contribution in [0.4, 0.5) is 0 Å². The van der Waals surface area contributed by atoms with Crippen LogP contribution in [-0.4, -0.2) is 30.6 Å². The molecule has 0 bridgehead atoms. The number of hydrogen-bond donors (Lipinski definition) is 2. The van der Waals surface area contributed by atoms with Gasteiger partial charge in [-0.1, -0.05) is 0 Å². The molecule has 1 heterocycles. The van der Waals surface area contributed by atoms with Gasteiger partial charge in [-0.2, -0.15) is 0 Å². The Labute approximate surface area is 73.1 Å². The molecule has 1 fully saturated rings. The van der Waals surface area contributed by atoms with Crippen molar-refractivity contribution in [2.75, 3.05) is 19.6 Å². The van der Waals surface area contributed by atoms with Crippen LogP contribution in [0.2, 0.25) is 0 Å². The van der Waals surface area contributed by atoms with Crippen molar-refractivity contribution in [2.45, 2.75) is 19.8 Å². The van der Waals surface area contributed by atoms with Gasteiger partial charge in [0.05, 0.1) is 5.92 Å². The number of nitrogens with zero attached hydrogens (tertiary/aromatic N) is 1. The molecule has 70 valence electrons. The first-order valence-electron chi connectivity index (χ1n) is 4.51. The van der Waals surface area contributed by atoms with Gasteiger partial charge in [0.15, 0.2) is 0 Å². The van der Waals surface area contributed by atoms with E-state index in [1.807, 2.05) is 6.92 Å². The van der Waals surface area contributed by atoms with Crippen LogP contribution in [0.1, 0.15) is 19.8 Å². The van der Waals surface area contributed by atoms with Crippen LogP contribution in [-0.2, 0) is 4.79 Å². The first kappa shape index (κ1) is 9.48. The summed E-state index contributed by atoms with van der Waals surface area (Å²) in [5, 5.41) is 4.54. The number of nitrogens with two attached hydrogens (primary N) is 1. The maximum atomic E-state index is 11.4. The smallest absolute Gasteiger partial charge is 0.224 e. The monoisotopic (exact) mass is 171 g/mol. The van der Waals surface area contributed by atoms with E-state index in [0.29, 0.717) is 13.1 Å². The molecule has 0 aromatic carbocycles. The second-order valence-electron chi connectivity index (χ2n) is 3.23. The summed E-state index contributed by atoms with van der Waals surface area (Å²) < 4.78 is 0. The second-order valence-corrected chi connectivity index (χ2v) is 3.23. The molecule has 3 N–H and O–H groups in total. The fourth-order valence-corrected chi connectivity index (χ4v) is 1.54. The zero-order valence-corrected chi connectivity index (χ0v) is 7.55. The molecule has 12 heavy (non-hydrogen) atoms. The Hall–Kier alpha value is -0.610. The summed E-state index contributed by atoms with van der Waals surface area (Å²) in [6.45, 7) is 4.25. The third-order valence-corrected chi connectivity index (χ3v) is 2.17. The van der Waals surface area contributed by atoms with Crippen molar-refractivity contribution in [1.29, 1.82) is 0 Å². The van der Waals surface area contributed by atoms with E-state index >= 15 is 0 Å². The molecule has 1 atom stereocenters. The minimum Gasteiger partial charge on any atom is -0.356 e. The highest BCUT2D eigenvalue weighted by Crippen LogP contribution is 2.13. The van der Waals surface area contributed by atoms with Crippen molar-refractivity contribution in [3.05, 3.63) is 0 Å². The predicted octanol–water partition coefficient (Wildman–Crippen LogP) is -0.292. The van der Waals surface area contributed by atoms with Crippen LogP contribution in [0, 0.1) is 5.92 Å². The SMILES string of the molecule is CCNC(=O)C1CCCN(N)C1. The summed E-state index contributed by atoms with van der Waals surface area (Å²) in [5.74, 6) is 5.86. The largest absolute Gasteiger partial charge is 0.356 e. The van der Waals surface area contributed by atoms with Gasteiger partial charge >= 0.3 is 0 Å². The molecule has 1 saturated heterocycles. The molecular formula is C8H17N3O.